The van der Waals surface area contributed by atoms with E-state index in [-0.39, 0.29) is 29.1 Å². The number of rotatable bonds is 4. The lowest BCUT2D eigenvalue weighted by atomic mass is 9.96. The van der Waals surface area contributed by atoms with Gasteiger partial charge in [0.1, 0.15) is 0 Å². The predicted octanol–water partition coefficient (Wildman–Crippen LogP) is 2.61. The third kappa shape index (κ3) is 3.14. The number of aromatic amines is 1. The molecule has 28 heavy (non-hydrogen) atoms. The zero-order valence-corrected chi connectivity index (χ0v) is 15.3. The van der Waals surface area contributed by atoms with Gasteiger partial charge in [-0.05, 0) is 49.1 Å². The number of fused-ring (bicyclic) bond motifs is 1. The van der Waals surface area contributed by atoms with Crippen LogP contribution in [0.2, 0.25) is 0 Å². The van der Waals surface area contributed by atoms with E-state index in [2.05, 4.69) is 15.5 Å². The maximum atomic E-state index is 13.0. The zero-order chi connectivity index (χ0) is 18.4. The van der Waals surface area contributed by atoms with Crippen molar-refractivity contribution in [3.05, 3.63) is 54.1 Å². The molecule has 0 bridgehead atoms. The van der Waals surface area contributed by atoms with Gasteiger partial charge in [-0.15, -0.1) is 0 Å². The fraction of sp³-hybridized carbons (Fsp3) is 0.286. The Morgan fingerprint density at radius 1 is 1.11 bits per heavy atom. The lowest BCUT2D eigenvalue weighted by Gasteiger charge is -2.17. The Hall–Kier alpha value is -3.19. The highest BCUT2D eigenvalue weighted by Crippen LogP contribution is 2.35. The number of aromatic nitrogens is 2. The Morgan fingerprint density at radius 2 is 1.89 bits per heavy atom. The van der Waals surface area contributed by atoms with E-state index in [0.717, 1.165) is 41.4 Å². The summed E-state index contributed by atoms with van der Waals surface area (Å²) >= 11 is 0. The van der Waals surface area contributed by atoms with Crippen molar-refractivity contribution in [1.29, 1.82) is 0 Å². The normalized spacial score (nSPS) is 18.9. The number of H-pyrrole nitrogens is 1. The molecule has 1 aliphatic heterocycles. The summed E-state index contributed by atoms with van der Waals surface area (Å²) in [4.78, 5) is 26.9. The van der Waals surface area contributed by atoms with E-state index in [4.69, 9.17) is 0 Å². The molecule has 3 aromatic rings. The predicted molar refractivity (Wildman–Crippen MR) is 107 cm³/mol. The maximum Gasteiger partial charge on any atom is 0.234 e. The molecule has 1 aromatic heterocycles. The third-order valence-electron chi connectivity index (χ3n) is 5.45. The van der Waals surface area contributed by atoms with Crippen LogP contribution in [0.5, 0.6) is 0 Å². The Kier molecular flexibility index (Phi) is 4.60. The van der Waals surface area contributed by atoms with E-state index >= 15 is 0 Å². The van der Waals surface area contributed by atoms with Crippen molar-refractivity contribution >= 4 is 34.2 Å². The average molecular weight is 378 g/mol. The lowest BCUT2D eigenvalue weighted by Crippen LogP contribution is -2.26. The number of benzene rings is 2. The van der Waals surface area contributed by atoms with Crippen molar-refractivity contribution < 1.29 is 15.1 Å². The molecule has 2 heterocycles. The largest absolute Gasteiger partial charge is 0.412 e. The van der Waals surface area contributed by atoms with Gasteiger partial charge in [-0.25, -0.2) is 0 Å². The Bertz CT molecular complexity index is 1030. The van der Waals surface area contributed by atoms with Gasteiger partial charge in [-0.2, -0.15) is 5.10 Å². The van der Waals surface area contributed by atoms with E-state index < -0.39 is 0 Å². The van der Waals surface area contributed by atoms with Gasteiger partial charge in [-0.3, -0.25) is 14.7 Å². The molecule has 2 aliphatic rings. The van der Waals surface area contributed by atoms with Crippen molar-refractivity contribution in [3.8, 4) is 0 Å². The highest BCUT2D eigenvalue weighted by atomic mass is 16.2. The number of para-hydroxylation sites is 1. The summed E-state index contributed by atoms with van der Waals surface area (Å²) in [6.45, 7) is 0.711. The van der Waals surface area contributed by atoms with E-state index in [1.54, 1.807) is 0 Å². The molecule has 7 heteroatoms. The van der Waals surface area contributed by atoms with E-state index in [1.807, 2.05) is 53.4 Å². The van der Waals surface area contributed by atoms with Gasteiger partial charge < -0.3 is 15.7 Å². The van der Waals surface area contributed by atoms with Crippen LogP contribution < -0.4 is 10.2 Å². The summed E-state index contributed by atoms with van der Waals surface area (Å²) in [6.07, 6.45) is 2.68. The fourth-order valence-corrected chi connectivity index (χ4v) is 3.76. The smallest absolute Gasteiger partial charge is 0.234 e. The zero-order valence-electron chi connectivity index (χ0n) is 15.3. The topological polar surface area (TPSA) is 110 Å². The van der Waals surface area contributed by atoms with Gasteiger partial charge in [-0.1, -0.05) is 24.3 Å². The molecule has 5 rings (SSSR count). The molecule has 2 amide bonds. The van der Waals surface area contributed by atoms with Crippen molar-refractivity contribution in [2.24, 2.45) is 5.92 Å². The maximum absolute atomic E-state index is 13.0. The first-order valence-corrected chi connectivity index (χ1v) is 9.36. The number of hydrogen-bond donors (Lipinski definition) is 2. The summed E-state index contributed by atoms with van der Waals surface area (Å²) < 4.78 is 0. The first kappa shape index (κ1) is 18.2. The number of carbonyl (C=O) groups excluding carboxylic acids is 2. The molecule has 0 spiro atoms. The Balaban J connectivity index is 0.00000192. The fourth-order valence-electron chi connectivity index (χ4n) is 3.76. The molecule has 2 fully saturated rings. The number of amides is 2. The monoisotopic (exact) mass is 378 g/mol. The molecule has 4 N–H and O–H groups in total. The Labute approximate surface area is 162 Å². The molecule has 7 nitrogen and oxygen atoms in total. The van der Waals surface area contributed by atoms with Crippen LogP contribution in [0.1, 0.15) is 30.7 Å². The van der Waals surface area contributed by atoms with Crippen molar-refractivity contribution in [2.75, 3.05) is 16.8 Å². The number of carbonyl (C=O) groups is 2. The van der Waals surface area contributed by atoms with Crippen molar-refractivity contribution in [3.63, 3.8) is 0 Å². The van der Waals surface area contributed by atoms with Crippen LogP contribution in [0.4, 0.5) is 11.5 Å². The number of hydrogen-bond acceptors (Lipinski definition) is 3. The third-order valence-corrected chi connectivity index (χ3v) is 5.45. The summed E-state index contributed by atoms with van der Waals surface area (Å²) in [6, 6.07) is 15.7. The van der Waals surface area contributed by atoms with Crippen LogP contribution in [0.25, 0.3) is 10.9 Å². The SMILES string of the molecule is O.O=C(Nc1n[nH]c2ccc(C3CCN(c4ccccc4)C3=O)cc12)C1CC1. The molecular formula is C21H22N4O3. The van der Waals surface area contributed by atoms with E-state index in [9.17, 15) is 9.59 Å². The van der Waals surface area contributed by atoms with Gasteiger partial charge >= 0.3 is 0 Å². The minimum atomic E-state index is -0.170. The van der Waals surface area contributed by atoms with Crippen molar-refractivity contribution in [2.45, 2.75) is 25.2 Å². The molecule has 144 valence electrons. The minimum absolute atomic E-state index is 0. The lowest BCUT2D eigenvalue weighted by molar-refractivity contribution is -0.118. The highest BCUT2D eigenvalue weighted by molar-refractivity contribution is 6.03. The standard InChI is InChI=1S/C21H20N4O2.H2O/c26-20(13-6-7-13)22-19-17-12-14(8-9-18(17)23-24-19)16-10-11-25(21(16)27)15-4-2-1-3-5-15;/h1-5,8-9,12-13,16H,6-7,10-11H2,(H2,22,23,24,26);1H2. The molecule has 1 saturated carbocycles. The van der Waals surface area contributed by atoms with Crippen molar-refractivity contribution in [1.82, 2.24) is 10.2 Å². The highest BCUT2D eigenvalue weighted by Gasteiger charge is 2.34. The van der Waals surface area contributed by atoms with Crippen LogP contribution in [0.15, 0.2) is 48.5 Å². The van der Waals surface area contributed by atoms with Crippen LogP contribution in [-0.4, -0.2) is 34.0 Å². The average Bonchev–Trinajstić information content (AvgIpc) is 3.38. The van der Waals surface area contributed by atoms with E-state index in [0.29, 0.717) is 12.4 Å². The summed E-state index contributed by atoms with van der Waals surface area (Å²) in [5, 5.41) is 11.0. The number of nitrogens with zero attached hydrogens (tertiary/aromatic N) is 2. The van der Waals surface area contributed by atoms with Gasteiger partial charge in [0.2, 0.25) is 11.8 Å². The van der Waals surface area contributed by atoms with Gasteiger partial charge in [0.15, 0.2) is 5.82 Å². The van der Waals surface area contributed by atoms with E-state index in [1.165, 1.54) is 0 Å². The Morgan fingerprint density at radius 3 is 2.64 bits per heavy atom. The molecule has 1 saturated heterocycles. The van der Waals surface area contributed by atoms with Crippen LogP contribution in [0, 0.1) is 5.92 Å². The van der Waals surface area contributed by atoms with Crippen LogP contribution >= 0.6 is 0 Å². The second kappa shape index (κ2) is 7.09. The van der Waals surface area contributed by atoms with Crippen LogP contribution in [-0.2, 0) is 9.59 Å². The summed E-state index contributed by atoms with van der Waals surface area (Å²) in [7, 11) is 0. The molecule has 1 unspecified atom stereocenters. The first-order valence-electron chi connectivity index (χ1n) is 9.36. The molecule has 1 aliphatic carbocycles. The second-order valence-corrected chi connectivity index (χ2v) is 7.31. The molecule has 2 aromatic carbocycles. The minimum Gasteiger partial charge on any atom is -0.412 e. The van der Waals surface area contributed by atoms with Crippen LogP contribution in [0.3, 0.4) is 0 Å². The quantitative estimate of drug-likeness (QED) is 0.728. The molecule has 1 atom stereocenters. The molecular weight excluding hydrogens is 356 g/mol. The number of anilines is 2. The van der Waals surface area contributed by atoms with Gasteiger partial charge in [0.25, 0.3) is 0 Å². The first-order chi connectivity index (χ1) is 13.2. The number of nitrogens with one attached hydrogen (secondary N) is 2. The second-order valence-electron chi connectivity index (χ2n) is 7.31. The van der Waals surface area contributed by atoms with Gasteiger partial charge in [0, 0.05) is 23.5 Å². The summed E-state index contributed by atoms with van der Waals surface area (Å²) in [5.74, 6) is 0.648. The summed E-state index contributed by atoms with van der Waals surface area (Å²) in [5.41, 5.74) is 2.76. The molecule has 0 radical (unpaired) electrons. The van der Waals surface area contributed by atoms with Gasteiger partial charge in [0.05, 0.1) is 11.4 Å².